The second kappa shape index (κ2) is 18.7. The Hall–Kier alpha value is -2.76. The molecule has 0 aliphatic carbocycles. The number of nitrogens with zero attached hydrogens (tertiary/aromatic N) is 6. The van der Waals surface area contributed by atoms with Crippen molar-refractivity contribution in [1.29, 1.82) is 0 Å². The monoisotopic (exact) mass is 790 g/mol. The Labute approximate surface area is 323 Å². The molecule has 296 valence electrons. The molecule has 1 amide bonds. The number of pyridine rings is 1. The predicted molar refractivity (Wildman–Crippen MR) is 218 cm³/mol. The molecule has 1 aliphatic heterocycles. The van der Waals surface area contributed by atoms with E-state index in [1.807, 2.05) is 36.3 Å². The summed E-state index contributed by atoms with van der Waals surface area (Å²) in [5.74, 6) is 1.22. The summed E-state index contributed by atoms with van der Waals surface area (Å²) in [6.45, 7) is 24.1. The minimum absolute atomic E-state index is 0.0386. The summed E-state index contributed by atoms with van der Waals surface area (Å²) in [5.41, 5.74) is 2.51. The molecule has 4 rings (SSSR count). The standard InChI is InChI=1S/C38H63ClN6O6Si2/c1-12-30-15-16-31(44(30)37(46)51-38(2,3)4)14-13-29-22-34(43(25-48-17-19-52(6,7)8)26-49-18-20-53(9,10)11)45-36(42-29)32(24-41-45)28-21-33(50-27-47-5)35(39)40-23-28/h21-24,30-31H,12-20,25-27H2,1-11H3. The van der Waals surface area contributed by atoms with Crippen molar-refractivity contribution >= 4 is 45.3 Å². The topological polar surface area (TPSA) is 113 Å². The lowest BCUT2D eigenvalue weighted by molar-refractivity contribution is 0.0136. The van der Waals surface area contributed by atoms with Crippen LogP contribution < -0.4 is 9.64 Å². The molecule has 0 spiro atoms. The Morgan fingerprint density at radius 2 is 1.62 bits per heavy atom. The van der Waals surface area contributed by atoms with Crippen molar-refractivity contribution in [3.63, 3.8) is 0 Å². The first-order chi connectivity index (χ1) is 24.9. The average Bonchev–Trinajstić information content (AvgIpc) is 3.68. The molecule has 0 aromatic carbocycles. The summed E-state index contributed by atoms with van der Waals surface area (Å²) in [7, 11) is -1.03. The highest BCUT2D eigenvalue weighted by Crippen LogP contribution is 2.34. The molecule has 3 aromatic rings. The van der Waals surface area contributed by atoms with E-state index in [4.69, 9.17) is 45.4 Å². The maximum absolute atomic E-state index is 13.4. The first-order valence-corrected chi connectivity index (χ1v) is 26.8. The number of fused-ring (bicyclic) bond motifs is 1. The van der Waals surface area contributed by atoms with Crippen molar-refractivity contribution in [2.75, 3.05) is 45.5 Å². The summed E-state index contributed by atoms with van der Waals surface area (Å²) < 4.78 is 31.2. The van der Waals surface area contributed by atoms with Gasteiger partial charge in [0.25, 0.3) is 0 Å². The summed E-state index contributed by atoms with van der Waals surface area (Å²) in [5, 5.41) is 5.09. The summed E-state index contributed by atoms with van der Waals surface area (Å²) in [6.07, 6.45) is 7.42. The van der Waals surface area contributed by atoms with Gasteiger partial charge in [0.05, 0.1) is 6.20 Å². The van der Waals surface area contributed by atoms with Gasteiger partial charge >= 0.3 is 6.09 Å². The Morgan fingerprint density at radius 1 is 0.981 bits per heavy atom. The fourth-order valence-electron chi connectivity index (χ4n) is 6.20. The highest BCUT2D eigenvalue weighted by atomic mass is 35.5. The lowest BCUT2D eigenvalue weighted by atomic mass is 10.1. The van der Waals surface area contributed by atoms with Crippen molar-refractivity contribution < 1.29 is 28.5 Å². The fourth-order valence-corrected chi connectivity index (χ4v) is 7.87. The molecular weight excluding hydrogens is 728 g/mol. The fraction of sp³-hybridized carbons (Fsp3) is 0.684. The van der Waals surface area contributed by atoms with E-state index < -0.39 is 21.7 Å². The average molecular weight is 792 g/mol. The number of carbonyl (C=O) groups is 1. The van der Waals surface area contributed by atoms with E-state index in [-0.39, 0.29) is 30.1 Å². The Bertz CT molecular complexity index is 1620. The van der Waals surface area contributed by atoms with Crippen LogP contribution in [0.15, 0.2) is 24.5 Å². The molecule has 0 radical (unpaired) electrons. The van der Waals surface area contributed by atoms with Gasteiger partial charge in [-0.2, -0.15) is 9.61 Å². The number of halogens is 1. The van der Waals surface area contributed by atoms with E-state index in [2.05, 4.69) is 62.2 Å². The second-order valence-corrected chi connectivity index (χ2v) is 29.0. The third-order valence-corrected chi connectivity index (χ3v) is 12.9. The van der Waals surface area contributed by atoms with Gasteiger partial charge in [0.1, 0.15) is 24.9 Å². The molecule has 15 heteroatoms. The molecular formula is C38H63ClN6O6Si2. The van der Waals surface area contributed by atoms with Crippen LogP contribution in [0.4, 0.5) is 10.6 Å². The third-order valence-electron chi connectivity index (χ3n) is 9.20. The molecule has 3 aromatic heterocycles. The molecule has 1 fully saturated rings. The zero-order valence-electron chi connectivity index (χ0n) is 34.0. The van der Waals surface area contributed by atoms with Gasteiger partial charge in [-0.25, -0.2) is 14.8 Å². The minimum atomic E-state index is -1.29. The maximum Gasteiger partial charge on any atom is 0.410 e. The van der Waals surface area contributed by atoms with Gasteiger partial charge in [-0.05, 0) is 71.0 Å². The number of aromatic nitrogens is 4. The van der Waals surface area contributed by atoms with Crippen LogP contribution in [0.3, 0.4) is 0 Å². The van der Waals surface area contributed by atoms with Crippen LogP contribution in [0, 0.1) is 0 Å². The molecule has 1 saturated heterocycles. The van der Waals surface area contributed by atoms with Crippen LogP contribution >= 0.6 is 11.6 Å². The number of methoxy groups -OCH3 is 1. The molecule has 53 heavy (non-hydrogen) atoms. The second-order valence-electron chi connectivity index (χ2n) is 17.4. The van der Waals surface area contributed by atoms with E-state index in [0.717, 1.165) is 60.4 Å². The molecule has 2 unspecified atom stereocenters. The van der Waals surface area contributed by atoms with Crippen molar-refractivity contribution in [3.05, 3.63) is 35.4 Å². The van der Waals surface area contributed by atoms with Gasteiger partial charge < -0.3 is 33.5 Å². The zero-order valence-corrected chi connectivity index (χ0v) is 36.7. The summed E-state index contributed by atoms with van der Waals surface area (Å²) in [4.78, 5) is 27.1. The molecule has 0 N–H and O–H groups in total. The van der Waals surface area contributed by atoms with Crippen LogP contribution in [-0.4, -0.2) is 105 Å². The van der Waals surface area contributed by atoms with E-state index >= 15 is 0 Å². The van der Waals surface area contributed by atoms with Crippen LogP contribution in [0.25, 0.3) is 16.8 Å². The number of hydrogen-bond acceptors (Lipinski definition) is 10. The van der Waals surface area contributed by atoms with E-state index in [0.29, 0.717) is 44.5 Å². The number of amides is 1. The van der Waals surface area contributed by atoms with Crippen LogP contribution in [0.5, 0.6) is 5.75 Å². The lowest BCUT2D eigenvalue weighted by Crippen LogP contribution is -2.44. The van der Waals surface area contributed by atoms with Crippen LogP contribution in [-0.2, 0) is 25.4 Å². The first kappa shape index (κ1) is 43.0. The summed E-state index contributed by atoms with van der Waals surface area (Å²) >= 11 is 6.38. The highest BCUT2D eigenvalue weighted by Gasteiger charge is 2.38. The Kier molecular flexibility index (Phi) is 15.2. The molecule has 0 bridgehead atoms. The first-order valence-electron chi connectivity index (χ1n) is 19.0. The van der Waals surface area contributed by atoms with Crippen molar-refractivity contribution in [1.82, 2.24) is 24.5 Å². The minimum Gasteiger partial charge on any atom is -0.464 e. The number of rotatable bonds is 19. The number of hydrogen-bond donors (Lipinski definition) is 0. The molecule has 4 heterocycles. The van der Waals surface area contributed by atoms with Gasteiger partial charge in [0.2, 0.25) is 0 Å². The van der Waals surface area contributed by atoms with Gasteiger partial charge in [0.15, 0.2) is 23.3 Å². The molecule has 0 saturated carbocycles. The number of carbonyl (C=O) groups excluding carboxylic acids is 1. The number of ether oxygens (including phenoxy) is 5. The normalized spacial score (nSPS) is 16.8. The van der Waals surface area contributed by atoms with E-state index in [1.165, 1.54) is 0 Å². The van der Waals surface area contributed by atoms with Crippen molar-refractivity contribution in [2.24, 2.45) is 0 Å². The van der Waals surface area contributed by atoms with Gasteiger partial charge in [0, 0.05) is 77.6 Å². The maximum atomic E-state index is 13.4. The van der Waals surface area contributed by atoms with Gasteiger partial charge in [-0.15, -0.1) is 0 Å². The molecule has 2 atom stereocenters. The number of anilines is 1. The quantitative estimate of drug-likeness (QED) is 0.0505. The van der Waals surface area contributed by atoms with E-state index in [9.17, 15) is 4.79 Å². The van der Waals surface area contributed by atoms with Crippen molar-refractivity contribution in [3.8, 4) is 16.9 Å². The SMILES string of the molecule is CCC1CCC(CCc2cc(N(COCC[Si](C)(C)C)COCC[Si](C)(C)C)n3ncc(-c4cnc(Cl)c(OCOC)c4)c3n2)N1C(=O)OC(C)(C)C. The zero-order chi connectivity index (χ0) is 39.0. The predicted octanol–water partition coefficient (Wildman–Crippen LogP) is 8.97. The van der Waals surface area contributed by atoms with Gasteiger partial charge in [-0.3, -0.25) is 0 Å². The highest BCUT2D eigenvalue weighted by molar-refractivity contribution is 6.76. The van der Waals surface area contributed by atoms with Crippen molar-refractivity contribution in [2.45, 2.75) is 129 Å². The number of likely N-dealkylation sites (tertiary alicyclic amines) is 1. The largest absolute Gasteiger partial charge is 0.464 e. The third kappa shape index (κ3) is 12.9. The van der Waals surface area contributed by atoms with Crippen LogP contribution in [0.1, 0.15) is 59.1 Å². The Balaban J connectivity index is 1.74. The Morgan fingerprint density at radius 3 is 2.21 bits per heavy atom. The van der Waals surface area contributed by atoms with Crippen LogP contribution in [0.2, 0.25) is 56.5 Å². The smallest absolute Gasteiger partial charge is 0.410 e. The molecule has 12 nitrogen and oxygen atoms in total. The van der Waals surface area contributed by atoms with Gasteiger partial charge in [-0.1, -0.05) is 57.8 Å². The lowest BCUT2D eigenvalue weighted by Gasteiger charge is -2.32. The number of aryl methyl sites for hydroxylation is 1. The summed E-state index contributed by atoms with van der Waals surface area (Å²) in [6, 6.07) is 6.25. The van der Waals surface area contributed by atoms with E-state index in [1.54, 1.807) is 19.5 Å². The molecule has 1 aliphatic rings.